The van der Waals surface area contributed by atoms with E-state index >= 15 is 0 Å². The van der Waals surface area contributed by atoms with Crippen LogP contribution in [0.15, 0.2) is 47.6 Å². The van der Waals surface area contributed by atoms with Crippen LogP contribution in [0.1, 0.15) is 86.5 Å². The first-order valence-electron chi connectivity index (χ1n) is 14.1. The number of carbonyl (C=O) groups is 2. The van der Waals surface area contributed by atoms with Gasteiger partial charge in [0.25, 0.3) is 0 Å². The molecule has 0 aromatic rings. The minimum Gasteiger partial charge on any atom is -0.465 e. The molecule has 37 heavy (non-hydrogen) atoms. The molecule has 3 saturated carbocycles. The van der Waals surface area contributed by atoms with Crippen molar-refractivity contribution in [1.82, 2.24) is 0 Å². The third-order valence-electron chi connectivity index (χ3n) is 9.16. The van der Waals surface area contributed by atoms with Crippen molar-refractivity contribution < 1.29 is 24.5 Å². The van der Waals surface area contributed by atoms with Crippen molar-refractivity contribution in [2.75, 3.05) is 6.61 Å². The van der Waals surface area contributed by atoms with Crippen LogP contribution in [-0.4, -0.2) is 40.8 Å². The van der Waals surface area contributed by atoms with Gasteiger partial charge in [0.15, 0.2) is 5.78 Å². The van der Waals surface area contributed by atoms with Crippen LogP contribution in [0.25, 0.3) is 0 Å². The van der Waals surface area contributed by atoms with Crippen molar-refractivity contribution in [3.63, 3.8) is 0 Å². The van der Waals surface area contributed by atoms with E-state index < -0.39 is 23.6 Å². The van der Waals surface area contributed by atoms with E-state index in [1.54, 1.807) is 19.9 Å². The second-order valence-electron chi connectivity index (χ2n) is 12.9. The molecule has 3 rings (SSSR count). The number of rotatable bonds is 8. The van der Waals surface area contributed by atoms with Crippen molar-refractivity contribution in [1.29, 1.82) is 0 Å². The number of aliphatic hydroxyl groups is 2. The Labute approximate surface area is 223 Å². The number of hydrogen-bond donors (Lipinski definition) is 2. The molecule has 6 atom stereocenters. The third kappa shape index (κ3) is 6.54. The predicted molar refractivity (Wildman–Crippen MR) is 148 cm³/mol. The molecule has 3 aliphatic carbocycles. The van der Waals surface area contributed by atoms with Crippen LogP contribution < -0.4 is 0 Å². The molecule has 206 valence electrons. The van der Waals surface area contributed by atoms with Crippen molar-refractivity contribution in [2.24, 2.45) is 34.5 Å². The van der Waals surface area contributed by atoms with E-state index in [9.17, 15) is 19.8 Å². The Hall–Kier alpha value is -1.98. The molecule has 0 aromatic carbocycles. The Bertz CT molecular complexity index is 968. The fourth-order valence-corrected chi connectivity index (χ4v) is 6.71. The maximum atomic E-state index is 12.9. The Kier molecular flexibility index (Phi) is 9.45. The average Bonchev–Trinajstić information content (AvgIpc) is 3.19. The third-order valence-corrected chi connectivity index (χ3v) is 9.16. The second kappa shape index (κ2) is 11.8. The first-order valence-corrected chi connectivity index (χ1v) is 14.1. The maximum absolute atomic E-state index is 12.9. The van der Waals surface area contributed by atoms with Crippen molar-refractivity contribution in [3.05, 3.63) is 47.6 Å². The Balaban J connectivity index is 1.71. The highest BCUT2D eigenvalue weighted by Gasteiger charge is 2.50. The number of ether oxygens (including phenoxy) is 1. The van der Waals surface area contributed by atoms with Gasteiger partial charge in [0.05, 0.1) is 18.8 Å². The number of hydrogen-bond acceptors (Lipinski definition) is 5. The zero-order valence-corrected chi connectivity index (χ0v) is 23.8. The molecule has 0 spiro atoms. The van der Waals surface area contributed by atoms with Crippen molar-refractivity contribution in [2.45, 2.75) is 98.7 Å². The minimum atomic E-state index is -1.19. The van der Waals surface area contributed by atoms with Crippen LogP contribution in [0.4, 0.5) is 0 Å². The molecular formula is C32H48O5. The fourth-order valence-electron chi connectivity index (χ4n) is 6.71. The van der Waals surface area contributed by atoms with E-state index in [2.05, 4.69) is 32.6 Å². The molecule has 2 N–H and O–H groups in total. The van der Waals surface area contributed by atoms with E-state index in [4.69, 9.17) is 4.74 Å². The summed E-state index contributed by atoms with van der Waals surface area (Å²) in [5, 5.41) is 20.3. The highest BCUT2D eigenvalue weighted by molar-refractivity contribution is 6.08. The zero-order valence-electron chi connectivity index (χ0n) is 23.8. The first-order chi connectivity index (χ1) is 17.3. The Morgan fingerprint density at radius 2 is 1.89 bits per heavy atom. The van der Waals surface area contributed by atoms with Gasteiger partial charge in [0.1, 0.15) is 5.41 Å². The molecule has 0 heterocycles. The summed E-state index contributed by atoms with van der Waals surface area (Å²) in [7, 11) is 0. The Morgan fingerprint density at radius 1 is 1.19 bits per heavy atom. The van der Waals surface area contributed by atoms with Gasteiger partial charge in [-0.2, -0.15) is 0 Å². The molecule has 0 aliphatic heterocycles. The van der Waals surface area contributed by atoms with Gasteiger partial charge in [-0.15, -0.1) is 0 Å². The largest absolute Gasteiger partial charge is 0.465 e. The first kappa shape index (κ1) is 29.6. The van der Waals surface area contributed by atoms with Crippen LogP contribution in [0, 0.1) is 34.5 Å². The van der Waals surface area contributed by atoms with Crippen molar-refractivity contribution in [3.8, 4) is 0 Å². The maximum Gasteiger partial charge on any atom is 0.319 e. The predicted octanol–water partition coefficient (Wildman–Crippen LogP) is 6.11. The molecule has 0 amide bonds. The molecule has 0 bridgehead atoms. The lowest BCUT2D eigenvalue weighted by Gasteiger charge is -2.44. The van der Waals surface area contributed by atoms with Crippen LogP contribution in [-0.2, 0) is 14.3 Å². The standard InChI is InChI=1S/C32H48O5/c1-20(2)19-37-30(36)31(5,6)29(35)15-10-21(3)26-13-14-27-23(9-8-16-32(26,27)7)11-12-24-17-25(33)18-28(34)22(24)4/h10-12,15,20-21,25-28,33-34H,4,8-9,13-14,16-19H2,1-3,5-7H3/t21-,25-,26-,27+,28+,32-/m1/s1. The van der Waals surface area contributed by atoms with Gasteiger partial charge in [-0.1, -0.05) is 58.1 Å². The van der Waals surface area contributed by atoms with E-state index in [1.807, 2.05) is 19.9 Å². The summed E-state index contributed by atoms with van der Waals surface area (Å²) in [6.07, 6.45) is 13.2. The zero-order chi connectivity index (χ0) is 27.5. The number of esters is 1. The van der Waals surface area contributed by atoms with Crippen LogP contribution in [0.3, 0.4) is 0 Å². The summed E-state index contributed by atoms with van der Waals surface area (Å²) in [6.45, 7) is 16.2. The number of allylic oxidation sites excluding steroid dienone is 5. The number of ketones is 1. The quantitative estimate of drug-likeness (QED) is 0.233. The van der Waals surface area contributed by atoms with E-state index in [-0.39, 0.29) is 23.0 Å². The highest BCUT2D eigenvalue weighted by Crippen LogP contribution is 2.59. The summed E-state index contributed by atoms with van der Waals surface area (Å²) in [5.74, 6) is 0.731. The topological polar surface area (TPSA) is 83.8 Å². The highest BCUT2D eigenvalue weighted by atomic mass is 16.5. The lowest BCUT2D eigenvalue weighted by atomic mass is 9.61. The van der Waals surface area contributed by atoms with E-state index in [1.165, 1.54) is 12.0 Å². The molecule has 0 unspecified atom stereocenters. The molecule has 0 aromatic heterocycles. The molecular weight excluding hydrogens is 464 g/mol. The van der Waals surface area contributed by atoms with Crippen LogP contribution in [0.2, 0.25) is 0 Å². The van der Waals surface area contributed by atoms with Gasteiger partial charge in [-0.3, -0.25) is 9.59 Å². The summed E-state index contributed by atoms with van der Waals surface area (Å²) in [6, 6.07) is 0. The van der Waals surface area contributed by atoms with Gasteiger partial charge >= 0.3 is 5.97 Å². The van der Waals surface area contributed by atoms with E-state index in [0.717, 1.165) is 36.8 Å². The summed E-state index contributed by atoms with van der Waals surface area (Å²) < 4.78 is 5.34. The van der Waals surface area contributed by atoms with Gasteiger partial charge in [-0.05, 0) is 98.7 Å². The fraction of sp³-hybridized carbons (Fsp3) is 0.688. The summed E-state index contributed by atoms with van der Waals surface area (Å²) in [5.41, 5.74) is 2.09. The molecule has 0 radical (unpaired) electrons. The SMILES string of the molecule is C=C1C(=CC=C2CCC[C@]3(C)[C@@H]([C@H](C)C=CC(=O)C(C)(C)C(=O)OCC(C)C)CC[C@@H]23)C[C@@H](O)C[C@@H]1O. The lowest BCUT2D eigenvalue weighted by molar-refractivity contribution is -0.158. The van der Waals surface area contributed by atoms with Gasteiger partial charge < -0.3 is 14.9 Å². The number of carbonyl (C=O) groups excluding carboxylic acids is 2. The lowest BCUT2D eigenvalue weighted by Crippen LogP contribution is -2.36. The molecule has 3 fully saturated rings. The van der Waals surface area contributed by atoms with Crippen LogP contribution >= 0.6 is 0 Å². The Morgan fingerprint density at radius 3 is 2.57 bits per heavy atom. The van der Waals surface area contributed by atoms with E-state index in [0.29, 0.717) is 31.3 Å². The molecule has 5 nitrogen and oxygen atoms in total. The summed E-state index contributed by atoms with van der Waals surface area (Å²) >= 11 is 0. The average molecular weight is 513 g/mol. The van der Waals surface area contributed by atoms with Gasteiger partial charge in [0, 0.05) is 6.42 Å². The van der Waals surface area contributed by atoms with Gasteiger partial charge in [-0.25, -0.2) is 0 Å². The second-order valence-corrected chi connectivity index (χ2v) is 12.9. The number of fused-ring (bicyclic) bond motifs is 1. The normalized spacial score (nSPS) is 33.8. The monoisotopic (exact) mass is 512 g/mol. The number of aliphatic hydroxyl groups excluding tert-OH is 2. The smallest absolute Gasteiger partial charge is 0.319 e. The van der Waals surface area contributed by atoms with Crippen LogP contribution in [0.5, 0.6) is 0 Å². The minimum absolute atomic E-state index is 0.156. The molecule has 0 saturated heterocycles. The van der Waals surface area contributed by atoms with Crippen molar-refractivity contribution >= 4 is 11.8 Å². The van der Waals surface area contributed by atoms with Gasteiger partial charge in [0.2, 0.25) is 0 Å². The molecule has 5 heteroatoms. The summed E-state index contributed by atoms with van der Waals surface area (Å²) in [4.78, 5) is 25.4. The molecule has 3 aliphatic rings.